The molecule has 2 amide bonds. The second-order valence-electron chi connectivity index (χ2n) is 4.90. The molecule has 2 aliphatic heterocycles. The van der Waals surface area contributed by atoms with Crippen LogP contribution in [0.4, 0.5) is 4.79 Å². The minimum absolute atomic E-state index is 0.0553. The van der Waals surface area contributed by atoms with Crippen molar-refractivity contribution in [3.63, 3.8) is 0 Å². The fourth-order valence-corrected chi connectivity index (χ4v) is 2.74. The van der Waals surface area contributed by atoms with Gasteiger partial charge in [-0.1, -0.05) is 6.92 Å². The first-order valence-corrected chi connectivity index (χ1v) is 6.66. The van der Waals surface area contributed by atoms with Gasteiger partial charge in [0.15, 0.2) is 0 Å². The van der Waals surface area contributed by atoms with E-state index in [2.05, 4.69) is 16.0 Å². The monoisotopic (exact) mass is 241 g/mol. The molecule has 17 heavy (non-hydrogen) atoms. The molecule has 5 heteroatoms. The summed E-state index contributed by atoms with van der Waals surface area (Å²) < 4.78 is 5.92. The van der Waals surface area contributed by atoms with Crippen molar-refractivity contribution in [3.05, 3.63) is 0 Å². The third-order valence-corrected chi connectivity index (χ3v) is 3.72. The van der Waals surface area contributed by atoms with Crippen molar-refractivity contribution in [2.24, 2.45) is 0 Å². The maximum Gasteiger partial charge on any atom is 0.315 e. The number of ether oxygens (including phenoxy) is 1. The van der Waals surface area contributed by atoms with Gasteiger partial charge in [0.2, 0.25) is 0 Å². The lowest BCUT2D eigenvalue weighted by molar-refractivity contribution is -0.0316. The molecule has 3 N–H and O–H groups in total. The van der Waals surface area contributed by atoms with Crippen LogP contribution >= 0.6 is 0 Å². The van der Waals surface area contributed by atoms with Gasteiger partial charge in [-0.05, 0) is 38.8 Å². The molecule has 2 rings (SSSR count). The number of hydrogen-bond donors (Lipinski definition) is 3. The van der Waals surface area contributed by atoms with Crippen LogP contribution in [0.1, 0.15) is 32.6 Å². The second-order valence-corrected chi connectivity index (χ2v) is 4.90. The quantitative estimate of drug-likeness (QED) is 0.678. The van der Waals surface area contributed by atoms with Gasteiger partial charge in [0, 0.05) is 13.2 Å². The van der Waals surface area contributed by atoms with Crippen molar-refractivity contribution in [3.8, 4) is 0 Å². The van der Waals surface area contributed by atoms with Crippen molar-refractivity contribution < 1.29 is 9.53 Å². The number of nitrogens with one attached hydrogen (secondary N) is 3. The Labute approximate surface area is 103 Å². The first-order chi connectivity index (χ1) is 8.27. The van der Waals surface area contributed by atoms with E-state index in [1.54, 1.807) is 0 Å². The van der Waals surface area contributed by atoms with Gasteiger partial charge in [0.25, 0.3) is 0 Å². The molecule has 98 valence electrons. The Bertz CT molecular complexity index is 264. The van der Waals surface area contributed by atoms with Gasteiger partial charge in [0.1, 0.15) is 0 Å². The molecule has 0 aromatic rings. The summed E-state index contributed by atoms with van der Waals surface area (Å²) in [5.41, 5.74) is -0.116. The van der Waals surface area contributed by atoms with E-state index in [9.17, 15) is 4.79 Å². The fourth-order valence-electron chi connectivity index (χ4n) is 2.74. The maximum atomic E-state index is 11.7. The van der Waals surface area contributed by atoms with E-state index in [-0.39, 0.29) is 17.7 Å². The zero-order valence-corrected chi connectivity index (χ0v) is 10.6. The van der Waals surface area contributed by atoms with Crippen molar-refractivity contribution in [2.45, 2.75) is 44.2 Å². The first-order valence-electron chi connectivity index (χ1n) is 6.66. The summed E-state index contributed by atoms with van der Waals surface area (Å²) >= 11 is 0. The number of amides is 2. The molecule has 1 unspecified atom stereocenters. The van der Waals surface area contributed by atoms with E-state index in [0.29, 0.717) is 0 Å². The normalized spacial score (nSPS) is 27.0. The standard InChI is InChI=1S/C12H23N3O2/c1-2-6-14-11(16)15-10-3-9-17-12(10)4-7-13-8-5-12/h10,13H,2-9H2,1H3,(H2,14,15,16). The average molecular weight is 241 g/mol. The van der Waals surface area contributed by atoms with Crippen molar-refractivity contribution in [1.29, 1.82) is 0 Å². The Hall–Kier alpha value is -0.810. The first kappa shape index (κ1) is 12.6. The number of carbonyl (C=O) groups is 1. The molecule has 0 bridgehead atoms. The lowest BCUT2D eigenvalue weighted by atomic mass is 9.85. The molecular weight excluding hydrogens is 218 g/mol. The SMILES string of the molecule is CCCNC(=O)NC1CCOC12CCNCC2. The molecule has 5 nitrogen and oxygen atoms in total. The predicted molar refractivity (Wildman–Crippen MR) is 66.0 cm³/mol. The van der Waals surface area contributed by atoms with Crippen molar-refractivity contribution >= 4 is 6.03 Å². The van der Waals surface area contributed by atoms with Crippen LogP contribution in [0.3, 0.4) is 0 Å². The van der Waals surface area contributed by atoms with Crippen LogP contribution < -0.4 is 16.0 Å². The van der Waals surface area contributed by atoms with Gasteiger partial charge < -0.3 is 20.7 Å². The van der Waals surface area contributed by atoms with E-state index in [1.807, 2.05) is 6.92 Å². The highest BCUT2D eigenvalue weighted by molar-refractivity contribution is 5.74. The largest absolute Gasteiger partial charge is 0.373 e. The zero-order valence-electron chi connectivity index (χ0n) is 10.6. The Morgan fingerprint density at radius 2 is 2.24 bits per heavy atom. The maximum absolute atomic E-state index is 11.7. The smallest absolute Gasteiger partial charge is 0.315 e. The minimum Gasteiger partial charge on any atom is -0.373 e. The summed E-state index contributed by atoms with van der Waals surface area (Å²) in [5, 5.41) is 9.27. The van der Waals surface area contributed by atoms with E-state index in [4.69, 9.17) is 4.74 Å². The van der Waals surface area contributed by atoms with Crippen LogP contribution in [0, 0.1) is 0 Å². The Kier molecular flexibility index (Phi) is 4.23. The molecule has 0 radical (unpaired) electrons. The van der Waals surface area contributed by atoms with E-state index >= 15 is 0 Å². The third-order valence-electron chi connectivity index (χ3n) is 3.72. The molecule has 0 aromatic carbocycles. The molecule has 1 atom stereocenters. The molecular formula is C12H23N3O2. The summed E-state index contributed by atoms with van der Waals surface area (Å²) in [4.78, 5) is 11.7. The van der Waals surface area contributed by atoms with E-state index in [1.165, 1.54) is 0 Å². The minimum atomic E-state index is -0.116. The topological polar surface area (TPSA) is 62.4 Å². The molecule has 0 aromatic heterocycles. The van der Waals surface area contributed by atoms with Crippen LogP contribution in [0.5, 0.6) is 0 Å². The highest BCUT2D eigenvalue weighted by atomic mass is 16.5. The van der Waals surface area contributed by atoms with Crippen LogP contribution in [-0.2, 0) is 4.74 Å². The fraction of sp³-hybridized carbons (Fsp3) is 0.917. The number of carbonyl (C=O) groups excluding carboxylic acids is 1. The number of rotatable bonds is 3. The van der Waals surface area contributed by atoms with Gasteiger partial charge >= 0.3 is 6.03 Å². The average Bonchev–Trinajstić information content (AvgIpc) is 2.70. The molecule has 2 saturated heterocycles. The van der Waals surface area contributed by atoms with Gasteiger partial charge in [0.05, 0.1) is 11.6 Å². The van der Waals surface area contributed by atoms with E-state index < -0.39 is 0 Å². The summed E-state index contributed by atoms with van der Waals surface area (Å²) in [6.45, 7) is 5.50. The summed E-state index contributed by atoms with van der Waals surface area (Å²) in [7, 11) is 0. The van der Waals surface area contributed by atoms with Crippen molar-refractivity contribution in [2.75, 3.05) is 26.2 Å². The molecule has 0 aliphatic carbocycles. The molecule has 2 heterocycles. The predicted octanol–water partition coefficient (Wildman–Crippen LogP) is 0.607. The van der Waals surface area contributed by atoms with Crippen molar-refractivity contribution in [1.82, 2.24) is 16.0 Å². The Balaban J connectivity index is 1.88. The molecule has 2 fully saturated rings. The van der Waals surface area contributed by atoms with Gasteiger partial charge in [-0.3, -0.25) is 0 Å². The highest BCUT2D eigenvalue weighted by Gasteiger charge is 2.45. The third kappa shape index (κ3) is 2.90. The van der Waals surface area contributed by atoms with Crippen LogP contribution in [0.15, 0.2) is 0 Å². The number of hydrogen-bond acceptors (Lipinski definition) is 3. The zero-order chi connectivity index (χ0) is 12.1. The second kappa shape index (κ2) is 5.69. The Morgan fingerprint density at radius 3 is 2.94 bits per heavy atom. The van der Waals surface area contributed by atoms with Gasteiger partial charge in [-0.15, -0.1) is 0 Å². The Morgan fingerprint density at radius 1 is 1.47 bits per heavy atom. The summed E-state index contributed by atoms with van der Waals surface area (Å²) in [5.74, 6) is 0. The molecule has 1 spiro atoms. The highest BCUT2D eigenvalue weighted by Crippen LogP contribution is 2.34. The number of piperidine rings is 1. The summed E-state index contributed by atoms with van der Waals surface area (Å²) in [6.07, 6.45) is 3.88. The van der Waals surface area contributed by atoms with E-state index in [0.717, 1.165) is 51.9 Å². The molecule has 2 aliphatic rings. The van der Waals surface area contributed by atoms with Gasteiger partial charge in [-0.2, -0.15) is 0 Å². The van der Waals surface area contributed by atoms with Crippen LogP contribution in [0.2, 0.25) is 0 Å². The number of urea groups is 1. The molecule has 0 saturated carbocycles. The lowest BCUT2D eigenvalue weighted by Crippen LogP contribution is -2.56. The lowest BCUT2D eigenvalue weighted by Gasteiger charge is -2.38. The van der Waals surface area contributed by atoms with Crippen LogP contribution in [-0.4, -0.2) is 43.9 Å². The van der Waals surface area contributed by atoms with Gasteiger partial charge in [-0.25, -0.2) is 4.79 Å². The summed E-state index contributed by atoms with van der Waals surface area (Å²) in [6, 6.07) is 0.113. The van der Waals surface area contributed by atoms with Crippen LogP contribution in [0.25, 0.3) is 0 Å².